The first-order valence-corrected chi connectivity index (χ1v) is 16.3. The summed E-state index contributed by atoms with van der Waals surface area (Å²) < 4.78 is 68.6. The molecule has 1 amide bonds. The molecule has 0 bridgehead atoms. The zero-order valence-corrected chi connectivity index (χ0v) is 25.5. The van der Waals surface area contributed by atoms with Crippen LogP contribution in [0.2, 0.25) is 10.0 Å². The largest absolute Gasteiger partial charge is 0.417 e. The second-order valence-electron chi connectivity index (χ2n) is 10.0. The highest BCUT2D eigenvalue weighted by Crippen LogP contribution is 2.40. The van der Waals surface area contributed by atoms with Crippen molar-refractivity contribution in [2.45, 2.75) is 44.0 Å². The lowest BCUT2D eigenvalue weighted by atomic mass is 9.97. The van der Waals surface area contributed by atoms with Crippen LogP contribution >= 0.6 is 34.5 Å². The van der Waals surface area contributed by atoms with E-state index in [1.807, 2.05) is 5.38 Å². The van der Waals surface area contributed by atoms with Crippen LogP contribution in [0.1, 0.15) is 53.1 Å². The number of carbonyl (C=O) groups excluding carboxylic acids is 1. The van der Waals surface area contributed by atoms with Crippen LogP contribution < -0.4 is 9.74 Å². The number of halogens is 5. The second-order valence-corrected chi connectivity index (χ2v) is 13.3. The molecule has 3 aromatic rings. The van der Waals surface area contributed by atoms with Gasteiger partial charge in [-0.05, 0) is 31.0 Å². The Labute approximate surface area is 257 Å². The van der Waals surface area contributed by atoms with E-state index in [0.29, 0.717) is 59.7 Å². The molecular weight excluding hydrogens is 656 g/mol. The molecule has 43 heavy (non-hydrogen) atoms. The lowest BCUT2D eigenvalue weighted by molar-refractivity contribution is -0.139. The summed E-state index contributed by atoms with van der Waals surface area (Å²) in [4.78, 5) is 36.9. The predicted molar refractivity (Wildman–Crippen MR) is 153 cm³/mol. The normalized spacial score (nSPS) is 18.0. The lowest BCUT2D eigenvalue weighted by Gasteiger charge is -2.31. The number of nitrogens with zero attached hydrogens (tertiary/aromatic N) is 4. The van der Waals surface area contributed by atoms with Gasteiger partial charge in [-0.1, -0.05) is 34.4 Å². The minimum absolute atomic E-state index is 0.0329. The third-order valence-corrected chi connectivity index (χ3v) is 9.02. The topological polar surface area (TPSA) is 120 Å². The molecule has 1 aromatic carbocycles. The Morgan fingerprint density at radius 1 is 1.21 bits per heavy atom. The molecule has 0 aliphatic carbocycles. The van der Waals surface area contributed by atoms with Gasteiger partial charge in [-0.15, -0.1) is 11.3 Å². The number of hydrogen-bond donors (Lipinski definition) is 0. The molecule has 2 aliphatic rings. The Morgan fingerprint density at radius 2 is 1.93 bits per heavy atom. The maximum atomic E-state index is 13.1. The van der Waals surface area contributed by atoms with Crippen molar-refractivity contribution in [3.05, 3.63) is 78.1 Å². The van der Waals surface area contributed by atoms with E-state index >= 15 is 0 Å². The van der Waals surface area contributed by atoms with Crippen LogP contribution in [0, 0.1) is 0 Å². The minimum atomic E-state index is -4.71. The number of likely N-dealkylation sites (tertiary alicyclic amines) is 1. The van der Waals surface area contributed by atoms with Crippen molar-refractivity contribution in [3.63, 3.8) is 0 Å². The molecule has 4 heterocycles. The van der Waals surface area contributed by atoms with Gasteiger partial charge in [-0.25, -0.2) is 4.98 Å². The molecule has 0 spiro atoms. The van der Waals surface area contributed by atoms with Crippen LogP contribution in [0.5, 0.6) is 5.75 Å². The standard InChI is InChI=1S/C26H23Cl2F3N4O6S2/c1-43(38,39)41-20-4-2-3-16(27)23(20)21-10-18(33-40-21)19-13-42-24(32-19)14-5-7-34(8-6-14)22(36)12-35-11-15(26(29,30)31)9-17(28)25(35)37/h2-4,9,11,13-14,21H,5-8,10,12H2,1H3. The minimum Gasteiger partial charge on any atom is -0.387 e. The molecule has 10 nitrogen and oxygen atoms in total. The number of thiazole rings is 1. The Balaban J connectivity index is 1.20. The van der Waals surface area contributed by atoms with Gasteiger partial charge in [0.05, 0.1) is 33.1 Å². The lowest BCUT2D eigenvalue weighted by Crippen LogP contribution is -2.41. The number of rotatable bonds is 7. The number of amides is 1. The predicted octanol–water partition coefficient (Wildman–Crippen LogP) is 5.24. The molecule has 2 aliphatic heterocycles. The van der Waals surface area contributed by atoms with Crippen molar-refractivity contribution in [2.24, 2.45) is 5.16 Å². The first-order valence-electron chi connectivity index (χ1n) is 12.8. The summed E-state index contributed by atoms with van der Waals surface area (Å²) in [6.45, 7) is 0.112. The first kappa shape index (κ1) is 31.3. The van der Waals surface area contributed by atoms with Crippen molar-refractivity contribution in [1.82, 2.24) is 14.5 Å². The molecule has 0 saturated carbocycles. The molecule has 1 fully saturated rings. The molecular formula is C26H23Cl2F3N4O6S2. The SMILES string of the molecule is CS(=O)(=O)Oc1cccc(Cl)c1C1CC(c2csc(C3CCN(C(=O)Cn4cc(C(F)(F)F)cc(Cl)c4=O)CC3)n2)=NO1. The van der Waals surface area contributed by atoms with E-state index in [1.165, 1.54) is 22.3 Å². The molecule has 1 atom stereocenters. The van der Waals surface area contributed by atoms with Crippen molar-refractivity contribution in [3.8, 4) is 5.75 Å². The van der Waals surface area contributed by atoms with Gasteiger partial charge in [0.1, 0.15) is 17.3 Å². The molecule has 230 valence electrons. The summed E-state index contributed by atoms with van der Waals surface area (Å²) in [6, 6.07) is 5.19. The fourth-order valence-corrected chi connectivity index (χ4v) is 6.84. The quantitative estimate of drug-likeness (QED) is 0.314. The maximum Gasteiger partial charge on any atom is 0.417 e. The fourth-order valence-electron chi connectivity index (χ4n) is 4.85. The van der Waals surface area contributed by atoms with E-state index in [4.69, 9.17) is 37.2 Å². The van der Waals surface area contributed by atoms with Gasteiger partial charge >= 0.3 is 16.3 Å². The number of aromatic nitrogens is 2. The van der Waals surface area contributed by atoms with E-state index in [0.717, 1.165) is 11.3 Å². The smallest absolute Gasteiger partial charge is 0.387 e. The van der Waals surface area contributed by atoms with Crippen LogP contribution in [-0.4, -0.2) is 53.8 Å². The van der Waals surface area contributed by atoms with Crippen molar-refractivity contribution in [1.29, 1.82) is 0 Å². The van der Waals surface area contributed by atoms with Crippen LogP contribution in [0.15, 0.2) is 45.8 Å². The zero-order valence-electron chi connectivity index (χ0n) is 22.3. The average Bonchev–Trinajstić information content (AvgIpc) is 3.60. The molecule has 0 radical (unpaired) electrons. The number of carbonyl (C=O) groups is 1. The summed E-state index contributed by atoms with van der Waals surface area (Å²) in [7, 11) is -3.81. The van der Waals surface area contributed by atoms with Crippen LogP contribution in [0.25, 0.3) is 0 Å². The van der Waals surface area contributed by atoms with Crippen LogP contribution in [-0.2, 0) is 32.5 Å². The second kappa shape index (κ2) is 12.1. The van der Waals surface area contributed by atoms with Crippen LogP contribution in [0.4, 0.5) is 13.2 Å². The van der Waals surface area contributed by atoms with Crippen molar-refractivity contribution in [2.75, 3.05) is 19.3 Å². The number of oxime groups is 1. The molecule has 0 N–H and O–H groups in total. The Bertz CT molecular complexity index is 1750. The highest BCUT2D eigenvalue weighted by atomic mass is 35.5. The van der Waals surface area contributed by atoms with Gasteiger partial charge in [0.2, 0.25) is 5.91 Å². The summed E-state index contributed by atoms with van der Waals surface area (Å²) in [5.41, 5.74) is -0.477. The number of alkyl halides is 3. The monoisotopic (exact) mass is 678 g/mol. The third kappa shape index (κ3) is 7.16. The summed E-state index contributed by atoms with van der Waals surface area (Å²) in [5, 5.41) is 6.46. The number of hydrogen-bond acceptors (Lipinski definition) is 9. The van der Waals surface area contributed by atoms with Crippen molar-refractivity contribution < 1.29 is 35.4 Å². The third-order valence-electron chi connectivity index (χ3n) is 6.93. The highest BCUT2D eigenvalue weighted by molar-refractivity contribution is 7.86. The van der Waals surface area contributed by atoms with Crippen LogP contribution in [0.3, 0.4) is 0 Å². The fraction of sp³-hybridized carbons (Fsp3) is 0.385. The van der Waals surface area contributed by atoms with Gasteiger partial charge < -0.3 is 18.5 Å². The summed E-state index contributed by atoms with van der Waals surface area (Å²) in [6.07, 6.45) is -2.46. The van der Waals surface area contributed by atoms with Gasteiger partial charge in [0.15, 0.2) is 11.9 Å². The number of benzene rings is 1. The summed E-state index contributed by atoms with van der Waals surface area (Å²) in [5.74, 6) is -0.401. The molecule has 2 aromatic heterocycles. The highest BCUT2D eigenvalue weighted by Gasteiger charge is 2.34. The maximum absolute atomic E-state index is 13.1. The Morgan fingerprint density at radius 3 is 2.60 bits per heavy atom. The van der Waals surface area contributed by atoms with Gasteiger partial charge in [-0.3, -0.25) is 9.59 Å². The van der Waals surface area contributed by atoms with Gasteiger partial charge in [-0.2, -0.15) is 21.6 Å². The Hall–Kier alpha value is -3.14. The van der Waals surface area contributed by atoms with E-state index in [9.17, 15) is 31.2 Å². The van der Waals surface area contributed by atoms with E-state index in [2.05, 4.69) is 5.16 Å². The Kier molecular flexibility index (Phi) is 8.80. The first-order chi connectivity index (χ1) is 20.2. The van der Waals surface area contributed by atoms with E-state index < -0.39 is 51.0 Å². The number of piperidine rings is 1. The van der Waals surface area contributed by atoms with Gasteiger partial charge in [0.25, 0.3) is 5.56 Å². The average molecular weight is 680 g/mol. The zero-order chi connectivity index (χ0) is 31.1. The van der Waals surface area contributed by atoms with E-state index in [1.54, 1.807) is 12.1 Å². The molecule has 17 heteroatoms. The van der Waals surface area contributed by atoms with Gasteiger partial charge in [0, 0.05) is 37.0 Å². The summed E-state index contributed by atoms with van der Waals surface area (Å²) >= 11 is 13.5. The molecule has 5 rings (SSSR count). The van der Waals surface area contributed by atoms with E-state index in [-0.39, 0.29) is 23.1 Å². The van der Waals surface area contributed by atoms with Crippen molar-refractivity contribution >= 4 is 56.3 Å². The number of pyridine rings is 1. The molecule has 1 saturated heterocycles. The molecule has 1 unspecified atom stereocenters.